The first-order valence-electron chi connectivity index (χ1n) is 28.7. The van der Waals surface area contributed by atoms with Crippen molar-refractivity contribution in [1.82, 2.24) is 0 Å². The number of rotatable bonds is 65. The maximum atomic E-state index is 12.5. The maximum absolute atomic E-state index is 12.5. The van der Waals surface area contributed by atoms with Crippen LogP contribution < -0.4 is 0 Å². The Morgan fingerprint density at radius 2 is 0.312 bits per heavy atom. The largest absolute Gasteiger partial charge is 0.472 e. The minimum atomic E-state index is -4.92. The van der Waals surface area contributed by atoms with E-state index in [4.69, 9.17) is 87.3 Å². The van der Waals surface area contributed by atoms with E-state index in [1.165, 1.54) is 6.92 Å². The molecule has 0 aliphatic heterocycles. The van der Waals surface area contributed by atoms with Gasteiger partial charge in [-0.2, -0.15) is 0 Å². The minimum absolute atomic E-state index is 0.113. The summed E-state index contributed by atoms with van der Waals surface area (Å²) in [4.78, 5) is 118. The second-order valence-corrected chi connectivity index (χ2v) is 35.4. The summed E-state index contributed by atoms with van der Waals surface area (Å²) in [6.07, 6.45) is 1.23. The number of phosphoric ester groups is 11. The molecule has 13 N–H and O–H groups in total. The highest BCUT2D eigenvalue weighted by molar-refractivity contribution is 7.50. The van der Waals surface area contributed by atoms with Crippen molar-refractivity contribution in [3.05, 3.63) is 0 Å². The smallest absolute Gasteiger partial charge is 0.396 e. The van der Waals surface area contributed by atoms with Crippen LogP contribution in [0.4, 0.5) is 0 Å². The lowest BCUT2D eigenvalue weighted by atomic mass is 10.1. The molecule has 0 fully saturated rings. The molecule has 578 valence electrons. The molecule has 0 aromatic heterocycles. The maximum Gasteiger partial charge on any atom is 0.472 e. The summed E-state index contributed by atoms with van der Waals surface area (Å²) in [6, 6.07) is 0. The van der Waals surface area contributed by atoms with Crippen molar-refractivity contribution in [1.29, 1.82) is 0 Å². The van der Waals surface area contributed by atoms with Crippen molar-refractivity contribution in [2.24, 2.45) is 35.5 Å². The lowest BCUT2D eigenvalue weighted by molar-refractivity contribution is 0.0632. The zero-order valence-corrected chi connectivity index (χ0v) is 62.9. The highest BCUT2D eigenvalue weighted by Gasteiger charge is 2.34. The van der Waals surface area contributed by atoms with E-state index in [-0.39, 0.29) is 45.3 Å². The van der Waals surface area contributed by atoms with Gasteiger partial charge in [-0.05, 0) is 38.5 Å². The molecule has 0 saturated carbocycles. The van der Waals surface area contributed by atoms with Crippen LogP contribution in [0.2, 0.25) is 0 Å². The van der Waals surface area contributed by atoms with Crippen LogP contribution in [-0.2, 0) is 145 Å². The molecule has 0 aromatic carbocycles. The first-order chi connectivity index (χ1) is 44.2. The highest BCUT2D eigenvalue weighted by Crippen LogP contribution is 2.52. The van der Waals surface area contributed by atoms with Gasteiger partial charge >= 0.3 is 86.0 Å². The van der Waals surface area contributed by atoms with Crippen LogP contribution in [0.1, 0.15) is 80.1 Å². The highest BCUT2D eigenvalue weighted by atomic mass is 31.2. The Hall–Kier alpha value is 1.17. The first kappa shape index (κ1) is 97.2. The topological polar surface area (TPSA) is 645 Å². The first-order valence-corrected chi connectivity index (χ1v) is 45.2. The molecular weight excluding hydrogens is 1540 g/mol. The molecule has 0 amide bonds. The van der Waals surface area contributed by atoms with E-state index >= 15 is 0 Å². The van der Waals surface area contributed by atoms with Crippen LogP contribution in [0.5, 0.6) is 0 Å². The second kappa shape index (κ2) is 48.4. The zero-order chi connectivity index (χ0) is 73.6. The molecule has 0 spiro atoms. The fourth-order valence-corrected chi connectivity index (χ4v) is 14.0. The van der Waals surface area contributed by atoms with Gasteiger partial charge in [0.2, 0.25) is 0 Å². The van der Waals surface area contributed by atoms with E-state index in [1.54, 1.807) is 34.6 Å². The van der Waals surface area contributed by atoms with Gasteiger partial charge in [-0.25, -0.2) is 50.2 Å². The van der Waals surface area contributed by atoms with Gasteiger partial charge in [0.05, 0.1) is 139 Å². The summed E-state index contributed by atoms with van der Waals surface area (Å²) >= 11 is 0. The fourth-order valence-electron chi connectivity index (χ4n) is 5.82. The van der Waals surface area contributed by atoms with Crippen molar-refractivity contribution < 1.29 is 209 Å². The Morgan fingerprint density at radius 1 is 0.198 bits per heavy atom. The number of aliphatic hydroxyl groups is 1. The van der Waals surface area contributed by atoms with Gasteiger partial charge in [0, 0.05) is 42.1 Å². The molecule has 96 heavy (non-hydrogen) atoms. The molecule has 0 rings (SSSR count). The van der Waals surface area contributed by atoms with E-state index in [9.17, 15) is 99.1 Å². The number of phosphoric acid groups is 11. The van der Waals surface area contributed by atoms with Crippen molar-refractivity contribution in [2.45, 2.75) is 80.1 Å². The van der Waals surface area contributed by atoms with E-state index in [1.807, 2.05) is 0 Å². The van der Waals surface area contributed by atoms with Crippen LogP contribution in [-0.4, -0.2) is 209 Å². The third kappa shape index (κ3) is 53.0. The third-order valence-corrected chi connectivity index (χ3v) is 22.2. The molecule has 0 heterocycles. The monoisotopic (exact) mass is 1630 g/mol. The summed E-state index contributed by atoms with van der Waals surface area (Å²) in [5, 5.41) is 9.15. The number of hydrogen-bond acceptors (Lipinski definition) is 33. The molecule has 0 saturated heterocycles. The third-order valence-electron chi connectivity index (χ3n) is 11.9. The van der Waals surface area contributed by atoms with Gasteiger partial charge in [-0.3, -0.25) is 95.0 Å². The van der Waals surface area contributed by atoms with E-state index < -0.39 is 254 Å². The molecule has 16 atom stereocenters. The van der Waals surface area contributed by atoms with Gasteiger partial charge in [0.25, 0.3) is 0 Å². The van der Waals surface area contributed by atoms with E-state index in [2.05, 4.69) is 22.6 Å². The molecule has 0 aliphatic carbocycles. The summed E-state index contributed by atoms with van der Waals surface area (Å²) in [5.41, 5.74) is 0. The summed E-state index contributed by atoms with van der Waals surface area (Å²) in [5.74, 6) is -4.48. The van der Waals surface area contributed by atoms with Gasteiger partial charge in [-0.1, -0.05) is 41.5 Å². The second-order valence-electron chi connectivity index (χ2n) is 19.6. The normalized spacial score (nSPS) is 20.8. The Balaban J connectivity index is 4.64. The number of aliphatic hydroxyl groups excluding tert-OH is 1. The average Bonchev–Trinajstić information content (AvgIpc) is 1.28. The van der Waals surface area contributed by atoms with Crippen molar-refractivity contribution in [3.8, 4) is 0 Å². The van der Waals surface area contributed by atoms with Gasteiger partial charge in [-0.15, -0.1) is 0 Å². The Morgan fingerprint density at radius 3 is 0.417 bits per heavy atom. The van der Waals surface area contributed by atoms with Gasteiger partial charge in [0.1, 0.15) is 0 Å². The fraction of sp³-hybridized carbons (Fsp3) is 1.00. The summed E-state index contributed by atoms with van der Waals surface area (Å²) in [7, 11) is -53.1. The van der Waals surface area contributed by atoms with Crippen molar-refractivity contribution >= 4 is 86.0 Å². The van der Waals surface area contributed by atoms with Crippen molar-refractivity contribution in [2.75, 3.05) is 145 Å². The summed E-state index contributed by atoms with van der Waals surface area (Å²) in [6.45, 7) is -4.67. The zero-order valence-electron chi connectivity index (χ0n) is 53.1. The van der Waals surface area contributed by atoms with Crippen LogP contribution >= 0.6 is 86.0 Å². The minimum Gasteiger partial charge on any atom is -0.396 e. The Kier molecular flexibility index (Phi) is 49.0. The Labute approximate surface area is 554 Å². The van der Waals surface area contributed by atoms with E-state index in [0.29, 0.717) is 6.42 Å². The molecule has 0 aliphatic rings. The van der Waals surface area contributed by atoms with Crippen LogP contribution in [0.15, 0.2) is 0 Å². The van der Waals surface area contributed by atoms with Crippen LogP contribution in [0.25, 0.3) is 0 Å². The number of hydrogen-bond donors (Lipinski definition) is 13. The molecule has 56 heteroatoms. The molecule has 0 bridgehead atoms. The SMILES string of the molecule is CCC(CO)COP(=O)(O)OCCOP(=O)(O)OCC(CC)COP(=O)(O)OCCOP(=O)(O)OCC(CC)COP(=O)(O)OCCOP(=O)(O)OCC(CC)COP(=O)(O)OCCOP(=O)(O)OCC(CC)COP(=O)(O)OCCOP(=O)(O)OCC(CC)COP(=O)(O)O. The summed E-state index contributed by atoms with van der Waals surface area (Å²) < 4.78 is 234. The Bertz CT molecular complexity index is 2700. The molecule has 0 aromatic rings. The predicted molar refractivity (Wildman–Crippen MR) is 325 cm³/mol. The predicted octanol–water partition coefficient (Wildman–Crippen LogP) is 6.58. The lowest BCUT2D eigenvalue weighted by Crippen LogP contribution is -2.17. The molecular formula is C40H93O45P11. The molecule has 16 unspecified atom stereocenters. The van der Waals surface area contributed by atoms with Crippen LogP contribution in [0, 0.1) is 35.5 Å². The quantitative estimate of drug-likeness (QED) is 0.0226. The van der Waals surface area contributed by atoms with Gasteiger partial charge < -0.3 is 63.8 Å². The molecule has 0 radical (unpaired) electrons. The average molecular weight is 1630 g/mol. The molecule has 45 nitrogen and oxygen atoms in total. The van der Waals surface area contributed by atoms with Crippen LogP contribution in [0.3, 0.4) is 0 Å². The standard InChI is InChI=1S/C40H93O45P11/c1-7-35(23-41)24-76-87(45,46)65-13-14-67-89(49,50)78-27-37(9-3)28-80-91(53,54)69-17-18-71-93(57,58)82-31-39(11-5)32-84-95(61,62)73-21-22-74-96(63,64)85-34-40(12-6)33-83-94(59,60)72-20-19-70-92(55,56)81-30-38(10-4)29-79-90(51,52)68-16-15-66-88(47,48)77-26-36(8-2)25-75-86(42,43)44/h35-41H,7-34H2,1-6H3,(H,45,46)(H,47,48)(H,49,50)(H,51,52)(H,53,54)(H,55,56)(H,57,58)(H,59,60)(H,61,62)(H,63,64)(H2,42,43,44). The van der Waals surface area contributed by atoms with Gasteiger partial charge in [0.15, 0.2) is 0 Å². The lowest BCUT2D eigenvalue weighted by Gasteiger charge is -2.21. The van der Waals surface area contributed by atoms with E-state index in [0.717, 1.165) is 0 Å². The van der Waals surface area contributed by atoms with Crippen molar-refractivity contribution in [3.63, 3.8) is 0 Å².